The van der Waals surface area contributed by atoms with Crippen molar-refractivity contribution >= 4 is 5.91 Å². The van der Waals surface area contributed by atoms with E-state index in [1.54, 1.807) is 0 Å². The number of hydrogen-bond donors (Lipinski definition) is 1. The highest BCUT2D eigenvalue weighted by atomic mass is 19.4. The average molecular weight is 320 g/mol. The average Bonchev–Trinajstić information content (AvgIpc) is 2.67. The van der Waals surface area contributed by atoms with Crippen molar-refractivity contribution in [1.82, 2.24) is 25.1 Å². The van der Waals surface area contributed by atoms with Gasteiger partial charge in [-0.1, -0.05) is 0 Å². The molecule has 0 bridgehead atoms. The molecule has 0 unspecified atom stereocenters. The Bertz CT molecular complexity index is 503. The Labute approximate surface area is 125 Å². The quantitative estimate of drug-likeness (QED) is 0.863. The number of likely N-dealkylation sites (tertiary alicyclic amines) is 1. The summed E-state index contributed by atoms with van der Waals surface area (Å²) in [4.78, 5) is 13.0. The Morgan fingerprint density at radius 1 is 1.32 bits per heavy atom. The number of hydrogen-bond acceptors (Lipinski definition) is 5. The summed E-state index contributed by atoms with van der Waals surface area (Å²) in [6, 6.07) is 0. The van der Waals surface area contributed by atoms with Crippen LogP contribution < -0.4 is 5.73 Å². The largest absolute Gasteiger partial charge is 0.408 e. The molecule has 22 heavy (non-hydrogen) atoms. The highest BCUT2D eigenvalue weighted by molar-refractivity contribution is 5.73. The van der Waals surface area contributed by atoms with E-state index >= 15 is 0 Å². The summed E-state index contributed by atoms with van der Waals surface area (Å²) in [6.45, 7) is 0.519. The molecule has 1 aliphatic heterocycles. The van der Waals surface area contributed by atoms with Gasteiger partial charge >= 0.3 is 6.18 Å². The second-order valence-electron chi connectivity index (χ2n) is 5.61. The molecule has 2 heterocycles. The van der Waals surface area contributed by atoms with Crippen LogP contribution in [-0.4, -0.2) is 50.3 Å². The lowest BCUT2D eigenvalue weighted by molar-refractivity contribution is -0.143. The van der Waals surface area contributed by atoms with Crippen molar-refractivity contribution in [3.63, 3.8) is 0 Å². The van der Waals surface area contributed by atoms with Gasteiger partial charge in [0.1, 0.15) is 6.54 Å². The first-order chi connectivity index (χ1) is 10.3. The molecule has 0 radical (unpaired) electrons. The summed E-state index contributed by atoms with van der Waals surface area (Å²) in [5, 5.41) is 10.4. The molecule has 7 nitrogen and oxygen atoms in total. The first-order valence-electron chi connectivity index (χ1n) is 7.16. The van der Waals surface area contributed by atoms with Crippen LogP contribution in [0.4, 0.5) is 13.2 Å². The van der Waals surface area contributed by atoms with E-state index in [4.69, 9.17) is 5.73 Å². The molecule has 0 saturated carbocycles. The number of amides is 1. The summed E-state index contributed by atoms with van der Waals surface area (Å²) < 4.78 is 38.1. The molecule has 1 saturated heterocycles. The Morgan fingerprint density at radius 2 is 2.09 bits per heavy atom. The van der Waals surface area contributed by atoms with Crippen LogP contribution >= 0.6 is 0 Å². The molecule has 0 aliphatic carbocycles. The highest BCUT2D eigenvalue weighted by Crippen LogP contribution is 2.22. The van der Waals surface area contributed by atoms with Gasteiger partial charge in [0.2, 0.25) is 5.91 Å². The van der Waals surface area contributed by atoms with Crippen molar-refractivity contribution < 1.29 is 18.0 Å². The third-order valence-corrected chi connectivity index (χ3v) is 3.73. The number of alkyl halides is 3. The molecule has 0 aromatic carbocycles. The van der Waals surface area contributed by atoms with E-state index in [-0.39, 0.29) is 24.2 Å². The first kappa shape index (κ1) is 16.7. The van der Waals surface area contributed by atoms with Gasteiger partial charge in [0, 0.05) is 6.42 Å². The zero-order valence-corrected chi connectivity index (χ0v) is 12.1. The minimum atomic E-state index is -4.35. The predicted molar refractivity (Wildman–Crippen MR) is 70.3 cm³/mol. The lowest BCUT2D eigenvalue weighted by atomic mass is 9.97. The van der Waals surface area contributed by atoms with Crippen molar-refractivity contribution in [3.8, 4) is 0 Å². The summed E-state index contributed by atoms with van der Waals surface area (Å²) in [6.07, 6.45) is -1.43. The molecular formula is C12H19F3N6O. The summed E-state index contributed by atoms with van der Waals surface area (Å²) >= 11 is 0. The van der Waals surface area contributed by atoms with Gasteiger partial charge in [0.25, 0.3) is 0 Å². The van der Waals surface area contributed by atoms with E-state index < -0.39 is 12.7 Å². The SMILES string of the molecule is NC(=O)C[C@@H]1CCCN(Cc2nnnn2CC(F)(F)F)CC1. The van der Waals surface area contributed by atoms with Crippen molar-refractivity contribution in [2.75, 3.05) is 13.1 Å². The number of carbonyl (C=O) groups is 1. The van der Waals surface area contributed by atoms with Gasteiger partial charge in [0.05, 0.1) is 6.54 Å². The van der Waals surface area contributed by atoms with E-state index in [0.29, 0.717) is 13.0 Å². The van der Waals surface area contributed by atoms with Crippen LogP contribution in [0.1, 0.15) is 31.5 Å². The number of aromatic nitrogens is 4. The fourth-order valence-corrected chi connectivity index (χ4v) is 2.70. The highest BCUT2D eigenvalue weighted by Gasteiger charge is 2.30. The Morgan fingerprint density at radius 3 is 2.77 bits per heavy atom. The molecule has 1 amide bonds. The van der Waals surface area contributed by atoms with Gasteiger partial charge in [0.15, 0.2) is 5.82 Å². The van der Waals surface area contributed by atoms with Crippen molar-refractivity contribution in [2.24, 2.45) is 11.7 Å². The predicted octanol–water partition coefficient (Wildman–Crippen LogP) is 0.713. The van der Waals surface area contributed by atoms with E-state index in [2.05, 4.69) is 15.5 Å². The number of rotatable bonds is 5. The minimum Gasteiger partial charge on any atom is -0.370 e. The molecule has 2 rings (SSSR count). The number of nitrogens with zero attached hydrogens (tertiary/aromatic N) is 5. The molecule has 124 valence electrons. The maximum absolute atomic E-state index is 12.4. The number of carbonyl (C=O) groups excluding carboxylic acids is 1. The smallest absolute Gasteiger partial charge is 0.370 e. The Kier molecular flexibility index (Phi) is 5.33. The van der Waals surface area contributed by atoms with Crippen LogP contribution in [-0.2, 0) is 17.9 Å². The number of tetrazole rings is 1. The fourth-order valence-electron chi connectivity index (χ4n) is 2.70. The van der Waals surface area contributed by atoms with E-state index in [9.17, 15) is 18.0 Å². The van der Waals surface area contributed by atoms with Crippen LogP contribution in [0.25, 0.3) is 0 Å². The molecule has 1 atom stereocenters. The van der Waals surface area contributed by atoms with E-state index in [0.717, 1.165) is 30.5 Å². The lowest BCUT2D eigenvalue weighted by Gasteiger charge is -2.19. The maximum atomic E-state index is 12.4. The second kappa shape index (κ2) is 7.03. The van der Waals surface area contributed by atoms with Gasteiger partial charge in [-0.15, -0.1) is 5.10 Å². The van der Waals surface area contributed by atoms with Crippen LogP contribution in [0.5, 0.6) is 0 Å². The van der Waals surface area contributed by atoms with Crippen LogP contribution in [0.3, 0.4) is 0 Å². The topological polar surface area (TPSA) is 89.9 Å². The van der Waals surface area contributed by atoms with Gasteiger partial charge in [-0.25, -0.2) is 4.68 Å². The molecule has 10 heteroatoms. The summed E-state index contributed by atoms with van der Waals surface area (Å²) in [5.74, 6) is 0.131. The summed E-state index contributed by atoms with van der Waals surface area (Å²) in [7, 11) is 0. The molecule has 1 fully saturated rings. The normalized spacial score (nSPS) is 20.8. The Balaban J connectivity index is 1.91. The van der Waals surface area contributed by atoms with Crippen molar-refractivity contribution in [3.05, 3.63) is 5.82 Å². The maximum Gasteiger partial charge on any atom is 0.408 e. The Hall–Kier alpha value is -1.71. The van der Waals surface area contributed by atoms with Gasteiger partial charge in [-0.2, -0.15) is 13.2 Å². The van der Waals surface area contributed by atoms with Crippen LogP contribution in [0.15, 0.2) is 0 Å². The minimum absolute atomic E-state index is 0.200. The molecule has 1 aromatic rings. The van der Waals surface area contributed by atoms with E-state index in [1.165, 1.54) is 0 Å². The van der Waals surface area contributed by atoms with Crippen molar-refractivity contribution in [2.45, 2.75) is 44.9 Å². The lowest BCUT2D eigenvalue weighted by Crippen LogP contribution is -2.28. The monoisotopic (exact) mass is 320 g/mol. The van der Waals surface area contributed by atoms with Crippen LogP contribution in [0, 0.1) is 5.92 Å². The van der Waals surface area contributed by atoms with Gasteiger partial charge < -0.3 is 5.73 Å². The van der Waals surface area contributed by atoms with Gasteiger partial charge in [-0.05, 0) is 48.7 Å². The van der Waals surface area contributed by atoms with Crippen LogP contribution in [0.2, 0.25) is 0 Å². The second-order valence-corrected chi connectivity index (χ2v) is 5.61. The zero-order chi connectivity index (χ0) is 16.2. The number of nitrogens with two attached hydrogens (primary N) is 1. The summed E-state index contributed by atoms with van der Waals surface area (Å²) in [5.41, 5.74) is 5.21. The fraction of sp³-hybridized carbons (Fsp3) is 0.833. The third-order valence-electron chi connectivity index (χ3n) is 3.73. The molecule has 1 aliphatic rings. The third kappa shape index (κ3) is 5.24. The first-order valence-corrected chi connectivity index (χ1v) is 7.16. The molecule has 0 spiro atoms. The standard InChI is InChI=1S/C12H19F3N6O/c13-12(14,15)8-21-11(17-18-19-21)7-20-4-1-2-9(3-5-20)6-10(16)22/h9H,1-8H2,(H2,16,22)/t9-/m1/s1. The number of halogens is 3. The molecule has 1 aromatic heterocycles. The number of primary amides is 1. The molecular weight excluding hydrogens is 301 g/mol. The van der Waals surface area contributed by atoms with Gasteiger partial charge in [-0.3, -0.25) is 9.69 Å². The van der Waals surface area contributed by atoms with Crippen molar-refractivity contribution in [1.29, 1.82) is 0 Å². The zero-order valence-electron chi connectivity index (χ0n) is 12.1. The van der Waals surface area contributed by atoms with E-state index in [1.807, 2.05) is 4.90 Å². The molecule has 2 N–H and O–H groups in total.